The molecule has 0 aromatic carbocycles. The predicted molar refractivity (Wildman–Crippen MR) is 74.8 cm³/mol. The van der Waals surface area contributed by atoms with E-state index in [1.165, 1.54) is 54.9 Å². The Morgan fingerprint density at radius 2 is 2.11 bits per heavy atom. The summed E-state index contributed by atoms with van der Waals surface area (Å²) in [6, 6.07) is 0. The standard InChI is InChI=1S/C16H23N3/c1-2-3-14-13-8-17-9-15(13)19-16(18-14)12-7-10-4-5-11(12)6-10/h10-12,17H,2-9H2,1H3. The summed E-state index contributed by atoms with van der Waals surface area (Å²) in [7, 11) is 0. The minimum atomic E-state index is 0.667. The lowest BCUT2D eigenvalue weighted by Gasteiger charge is -2.21. The Kier molecular flexibility index (Phi) is 2.83. The lowest BCUT2D eigenvalue weighted by atomic mass is 9.88. The van der Waals surface area contributed by atoms with Crippen LogP contribution in [0.15, 0.2) is 0 Å². The lowest BCUT2D eigenvalue weighted by Crippen LogP contribution is -2.15. The van der Waals surface area contributed by atoms with Gasteiger partial charge in [0.15, 0.2) is 0 Å². The number of fused-ring (bicyclic) bond motifs is 3. The molecule has 102 valence electrons. The first kappa shape index (κ1) is 11.8. The second-order valence-corrected chi connectivity index (χ2v) is 6.59. The van der Waals surface area contributed by atoms with Gasteiger partial charge in [0.05, 0.1) is 5.69 Å². The van der Waals surface area contributed by atoms with Crippen LogP contribution in [0.5, 0.6) is 0 Å². The van der Waals surface area contributed by atoms with Crippen LogP contribution in [0.25, 0.3) is 0 Å². The maximum Gasteiger partial charge on any atom is 0.132 e. The topological polar surface area (TPSA) is 37.8 Å². The summed E-state index contributed by atoms with van der Waals surface area (Å²) < 4.78 is 0. The van der Waals surface area contributed by atoms with Gasteiger partial charge in [0.1, 0.15) is 5.82 Å². The molecule has 0 radical (unpaired) electrons. The lowest BCUT2D eigenvalue weighted by molar-refractivity contribution is 0.403. The zero-order chi connectivity index (χ0) is 12.8. The molecule has 4 rings (SSSR count). The maximum absolute atomic E-state index is 4.98. The van der Waals surface area contributed by atoms with Crippen LogP contribution < -0.4 is 5.32 Å². The molecule has 2 fully saturated rings. The minimum Gasteiger partial charge on any atom is -0.307 e. The Hall–Kier alpha value is -0.960. The fourth-order valence-electron chi connectivity index (χ4n) is 4.43. The van der Waals surface area contributed by atoms with E-state index >= 15 is 0 Å². The second-order valence-electron chi connectivity index (χ2n) is 6.59. The molecule has 1 aromatic rings. The Balaban J connectivity index is 1.70. The van der Waals surface area contributed by atoms with Crippen LogP contribution in [0.2, 0.25) is 0 Å². The molecule has 1 aromatic heterocycles. The van der Waals surface area contributed by atoms with Crippen LogP contribution in [0.1, 0.15) is 67.7 Å². The third-order valence-electron chi connectivity index (χ3n) is 5.35. The van der Waals surface area contributed by atoms with Crippen molar-refractivity contribution in [3.05, 3.63) is 22.8 Å². The van der Waals surface area contributed by atoms with E-state index in [4.69, 9.17) is 9.97 Å². The van der Waals surface area contributed by atoms with Crippen LogP contribution in [0, 0.1) is 11.8 Å². The van der Waals surface area contributed by atoms with Gasteiger partial charge in [0.2, 0.25) is 0 Å². The molecule has 3 aliphatic rings. The number of aryl methyl sites for hydroxylation is 1. The molecule has 2 saturated carbocycles. The summed E-state index contributed by atoms with van der Waals surface area (Å²) in [5, 5.41) is 3.44. The summed E-state index contributed by atoms with van der Waals surface area (Å²) in [4.78, 5) is 9.91. The molecule has 0 spiro atoms. The van der Waals surface area contributed by atoms with Gasteiger partial charge < -0.3 is 5.32 Å². The molecule has 2 bridgehead atoms. The molecule has 3 heteroatoms. The number of rotatable bonds is 3. The van der Waals surface area contributed by atoms with Crippen LogP contribution >= 0.6 is 0 Å². The van der Waals surface area contributed by atoms with E-state index in [1.807, 2.05) is 0 Å². The molecule has 1 N–H and O–H groups in total. The Morgan fingerprint density at radius 3 is 2.84 bits per heavy atom. The Morgan fingerprint density at radius 1 is 1.16 bits per heavy atom. The first-order chi connectivity index (χ1) is 9.35. The molecule has 2 heterocycles. The van der Waals surface area contributed by atoms with Crippen molar-refractivity contribution in [1.29, 1.82) is 0 Å². The number of aromatic nitrogens is 2. The first-order valence-electron chi connectivity index (χ1n) is 7.94. The normalized spacial score (nSPS) is 31.9. The van der Waals surface area contributed by atoms with E-state index in [9.17, 15) is 0 Å². The van der Waals surface area contributed by atoms with Crippen LogP contribution in [-0.2, 0) is 19.5 Å². The van der Waals surface area contributed by atoms with Gasteiger partial charge in [0, 0.05) is 30.3 Å². The molecule has 3 unspecified atom stereocenters. The Bertz CT molecular complexity index is 497. The summed E-state index contributed by atoms with van der Waals surface area (Å²) in [6.45, 7) is 4.16. The van der Waals surface area contributed by atoms with E-state index < -0.39 is 0 Å². The average molecular weight is 257 g/mol. The van der Waals surface area contributed by atoms with Crippen molar-refractivity contribution in [2.75, 3.05) is 0 Å². The summed E-state index contributed by atoms with van der Waals surface area (Å²) in [5.74, 6) is 3.70. The van der Waals surface area contributed by atoms with Crippen molar-refractivity contribution in [3.8, 4) is 0 Å². The SMILES string of the molecule is CCCc1nc(C2CC3CCC2C3)nc2c1CNC2. The predicted octanol–water partition coefficient (Wildman–Crippen LogP) is 2.94. The fourth-order valence-corrected chi connectivity index (χ4v) is 4.43. The highest BCUT2D eigenvalue weighted by Crippen LogP contribution is 2.52. The highest BCUT2D eigenvalue weighted by Gasteiger charge is 2.42. The van der Waals surface area contributed by atoms with Gasteiger partial charge in [-0.25, -0.2) is 9.97 Å². The van der Waals surface area contributed by atoms with E-state index in [0.29, 0.717) is 5.92 Å². The summed E-state index contributed by atoms with van der Waals surface area (Å²) >= 11 is 0. The molecule has 3 nitrogen and oxygen atoms in total. The highest BCUT2D eigenvalue weighted by molar-refractivity contribution is 5.30. The molecule has 2 aliphatic carbocycles. The smallest absolute Gasteiger partial charge is 0.132 e. The minimum absolute atomic E-state index is 0.667. The van der Waals surface area contributed by atoms with Gasteiger partial charge in [-0.3, -0.25) is 0 Å². The monoisotopic (exact) mass is 257 g/mol. The largest absolute Gasteiger partial charge is 0.307 e. The van der Waals surface area contributed by atoms with Crippen LogP contribution in [0.4, 0.5) is 0 Å². The zero-order valence-electron chi connectivity index (χ0n) is 11.8. The van der Waals surface area contributed by atoms with Gasteiger partial charge in [-0.2, -0.15) is 0 Å². The van der Waals surface area contributed by atoms with Gasteiger partial charge >= 0.3 is 0 Å². The molecule has 0 amide bonds. The molecule has 0 saturated heterocycles. The van der Waals surface area contributed by atoms with Crippen LogP contribution in [0.3, 0.4) is 0 Å². The van der Waals surface area contributed by atoms with Crippen LogP contribution in [-0.4, -0.2) is 9.97 Å². The van der Waals surface area contributed by atoms with Crippen molar-refractivity contribution in [2.24, 2.45) is 11.8 Å². The quantitative estimate of drug-likeness (QED) is 0.904. The number of hydrogen-bond donors (Lipinski definition) is 1. The van der Waals surface area contributed by atoms with Gasteiger partial charge in [-0.15, -0.1) is 0 Å². The third-order valence-corrected chi connectivity index (χ3v) is 5.35. The number of nitrogens with zero attached hydrogens (tertiary/aromatic N) is 2. The van der Waals surface area contributed by atoms with Crippen molar-refractivity contribution >= 4 is 0 Å². The fraction of sp³-hybridized carbons (Fsp3) is 0.750. The van der Waals surface area contributed by atoms with E-state index in [0.717, 1.165) is 31.3 Å². The van der Waals surface area contributed by atoms with E-state index in [-0.39, 0.29) is 0 Å². The van der Waals surface area contributed by atoms with Crippen molar-refractivity contribution in [3.63, 3.8) is 0 Å². The molecule has 1 aliphatic heterocycles. The van der Waals surface area contributed by atoms with Crippen molar-refractivity contribution in [2.45, 2.75) is 64.5 Å². The van der Waals surface area contributed by atoms with Crippen molar-refractivity contribution in [1.82, 2.24) is 15.3 Å². The zero-order valence-corrected chi connectivity index (χ0v) is 11.8. The van der Waals surface area contributed by atoms with Crippen molar-refractivity contribution < 1.29 is 0 Å². The van der Waals surface area contributed by atoms with E-state index in [1.54, 1.807) is 0 Å². The van der Waals surface area contributed by atoms with Gasteiger partial charge in [0.25, 0.3) is 0 Å². The average Bonchev–Trinajstić information content (AvgIpc) is 3.14. The van der Waals surface area contributed by atoms with E-state index in [2.05, 4.69) is 12.2 Å². The number of nitrogens with one attached hydrogen (secondary N) is 1. The molecular weight excluding hydrogens is 234 g/mol. The molecule has 3 atom stereocenters. The first-order valence-corrected chi connectivity index (χ1v) is 7.94. The Labute approximate surface area is 115 Å². The number of hydrogen-bond acceptors (Lipinski definition) is 3. The van der Waals surface area contributed by atoms with Gasteiger partial charge in [-0.1, -0.05) is 19.8 Å². The van der Waals surface area contributed by atoms with Gasteiger partial charge in [-0.05, 0) is 37.5 Å². The maximum atomic E-state index is 4.98. The second kappa shape index (κ2) is 4.55. The molecular formula is C16H23N3. The highest BCUT2D eigenvalue weighted by atomic mass is 15.0. The summed E-state index contributed by atoms with van der Waals surface area (Å²) in [5.41, 5.74) is 4.01. The molecule has 19 heavy (non-hydrogen) atoms. The summed E-state index contributed by atoms with van der Waals surface area (Å²) in [6.07, 6.45) is 7.95. The third kappa shape index (κ3) is 1.90.